The van der Waals surface area contributed by atoms with Gasteiger partial charge in [0.25, 0.3) is 5.91 Å². The predicted molar refractivity (Wildman–Crippen MR) is 72.0 cm³/mol. The number of rotatable bonds is 5. The van der Waals surface area contributed by atoms with Crippen LogP contribution >= 0.6 is 0 Å². The minimum Gasteiger partial charge on any atom is -0.432 e. The first-order valence-corrected chi connectivity index (χ1v) is 6.85. The molecule has 0 unspecified atom stereocenters. The Morgan fingerprint density at radius 3 is 2.70 bits per heavy atom. The average Bonchev–Trinajstić information content (AvgIpc) is 3.04. The lowest BCUT2D eigenvalue weighted by Crippen LogP contribution is -2.34. The molecule has 4 N–H and O–H groups in total. The molecule has 0 bridgehead atoms. The Morgan fingerprint density at radius 2 is 2.13 bits per heavy atom. The molecule has 1 aromatic rings. The van der Waals surface area contributed by atoms with Gasteiger partial charge in [-0.25, -0.2) is 14.5 Å². The van der Waals surface area contributed by atoms with Gasteiger partial charge in [-0.3, -0.25) is 4.79 Å². The van der Waals surface area contributed by atoms with Crippen molar-refractivity contribution in [3.05, 3.63) is 12.2 Å². The van der Waals surface area contributed by atoms with Gasteiger partial charge in [0.05, 0.1) is 6.10 Å². The molecule has 1 saturated heterocycles. The predicted octanol–water partition coefficient (Wildman–Crippen LogP) is -1.44. The molecule has 1 amide bonds. The molecule has 11 nitrogen and oxygen atoms in total. The van der Waals surface area contributed by atoms with Crippen LogP contribution in [0.3, 0.4) is 0 Å². The third kappa shape index (κ3) is 3.94. The minimum absolute atomic E-state index is 0.254. The maximum atomic E-state index is 11.3. The molecule has 2 heterocycles. The quantitative estimate of drug-likeness (QED) is 0.549. The zero-order valence-corrected chi connectivity index (χ0v) is 12.5. The fourth-order valence-corrected chi connectivity index (χ4v) is 1.97. The minimum atomic E-state index is -1.35. The van der Waals surface area contributed by atoms with Crippen molar-refractivity contribution in [1.29, 1.82) is 0 Å². The molecule has 0 spiro atoms. The van der Waals surface area contributed by atoms with Gasteiger partial charge in [-0.2, -0.15) is 0 Å². The summed E-state index contributed by atoms with van der Waals surface area (Å²) in [5.74, 6) is -1.09. The number of primary amides is 1. The van der Waals surface area contributed by atoms with Crippen LogP contribution in [0.15, 0.2) is 6.33 Å². The number of nitrogens with zero attached hydrogens (tertiary/aromatic N) is 3. The summed E-state index contributed by atoms with van der Waals surface area (Å²) in [6, 6.07) is 0. The molecular formula is C12H18N4O7. The van der Waals surface area contributed by atoms with Crippen LogP contribution in [0.25, 0.3) is 0 Å². The number of carbonyl (C=O) groups is 2. The van der Waals surface area contributed by atoms with Crippen LogP contribution in [0.5, 0.6) is 0 Å². The number of carbonyl (C=O) groups excluding carboxylic acids is 2. The van der Waals surface area contributed by atoms with Crippen LogP contribution in [-0.2, 0) is 14.2 Å². The van der Waals surface area contributed by atoms with Gasteiger partial charge >= 0.3 is 6.16 Å². The monoisotopic (exact) mass is 330 g/mol. The van der Waals surface area contributed by atoms with Crippen molar-refractivity contribution in [2.24, 2.45) is 5.73 Å². The highest BCUT2D eigenvalue weighted by molar-refractivity contribution is 5.88. The third-order valence-corrected chi connectivity index (χ3v) is 3.02. The highest BCUT2D eigenvalue weighted by atomic mass is 16.7. The lowest BCUT2D eigenvalue weighted by molar-refractivity contribution is -0.0692. The van der Waals surface area contributed by atoms with Crippen LogP contribution in [0.2, 0.25) is 0 Å². The third-order valence-electron chi connectivity index (χ3n) is 3.02. The van der Waals surface area contributed by atoms with E-state index in [2.05, 4.69) is 10.1 Å². The molecule has 1 aromatic heterocycles. The molecule has 23 heavy (non-hydrogen) atoms. The lowest BCUT2D eigenvalue weighted by Gasteiger charge is -2.15. The number of hydrogen-bond acceptors (Lipinski definition) is 9. The number of aliphatic hydroxyl groups is 2. The van der Waals surface area contributed by atoms with Gasteiger partial charge in [0.1, 0.15) is 31.2 Å². The topological polar surface area (TPSA) is 159 Å². The highest BCUT2D eigenvalue weighted by Gasteiger charge is 2.45. The summed E-state index contributed by atoms with van der Waals surface area (Å²) in [4.78, 5) is 25.9. The molecule has 0 aliphatic carbocycles. The van der Waals surface area contributed by atoms with Gasteiger partial charge in [0, 0.05) is 0 Å². The van der Waals surface area contributed by atoms with E-state index in [1.807, 2.05) is 0 Å². The summed E-state index contributed by atoms with van der Waals surface area (Å²) in [6.07, 6.45) is -4.89. The maximum Gasteiger partial charge on any atom is 0.508 e. The van der Waals surface area contributed by atoms with Crippen molar-refractivity contribution < 1.29 is 34.0 Å². The average molecular weight is 330 g/mol. The Hall–Kier alpha value is -2.24. The van der Waals surface area contributed by atoms with Gasteiger partial charge in [-0.15, -0.1) is 5.10 Å². The molecule has 1 fully saturated rings. The van der Waals surface area contributed by atoms with Gasteiger partial charge in [0.2, 0.25) is 5.82 Å². The van der Waals surface area contributed by atoms with E-state index in [-0.39, 0.29) is 18.5 Å². The number of ether oxygens (including phenoxy) is 3. The Kier molecular flexibility index (Phi) is 5.13. The van der Waals surface area contributed by atoms with Crippen molar-refractivity contribution in [2.45, 2.75) is 44.5 Å². The zero-order chi connectivity index (χ0) is 17.1. The summed E-state index contributed by atoms with van der Waals surface area (Å²) in [5, 5.41) is 23.7. The first-order chi connectivity index (χ1) is 10.8. The van der Waals surface area contributed by atoms with E-state index in [1.165, 1.54) is 0 Å². The Labute approximate surface area is 130 Å². The SMILES string of the molecule is CC(C)OC(=O)OC[C@@H]1O[C@H](n2cnc(C(N)=O)n2)[C@@H](O)[C@H]1O. The first-order valence-electron chi connectivity index (χ1n) is 6.85. The van der Waals surface area contributed by atoms with E-state index >= 15 is 0 Å². The normalized spacial score (nSPS) is 27.2. The molecular weight excluding hydrogens is 312 g/mol. The van der Waals surface area contributed by atoms with Crippen LogP contribution < -0.4 is 5.73 Å². The zero-order valence-electron chi connectivity index (χ0n) is 12.5. The summed E-state index contributed by atoms with van der Waals surface area (Å²) in [7, 11) is 0. The van der Waals surface area contributed by atoms with E-state index in [0.29, 0.717) is 0 Å². The standard InChI is InChI=1S/C12H18N4O7/c1-5(2)22-12(20)21-3-6-7(17)8(18)11(23-6)16-4-14-10(15-16)9(13)19/h4-8,11,17-18H,3H2,1-2H3,(H2,13,19)/t6-,7-,8-,11-/m0/s1. The van der Waals surface area contributed by atoms with Crippen molar-refractivity contribution in [3.63, 3.8) is 0 Å². The van der Waals surface area contributed by atoms with E-state index in [9.17, 15) is 19.8 Å². The molecule has 128 valence electrons. The summed E-state index contributed by atoms with van der Waals surface area (Å²) in [5.41, 5.74) is 5.03. The molecule has 0 saturated carbocycles. The van der Waals surface area contributed by atoms with Crippen LogP contribution in [-0.4, -0.2) is 68.1 Å². The van der Waals surface area contributed by atoms with Crippen molar-refractivity contribution in [1.82, 2.24) is 14.8 Å². The lowest BCUT2D eigenvalue weighted by atomic mass is 10.1. The molecule has 4 atom stereocenters. The number of hydrogen-bond donors (Lipinski definition) is 3. The number of nitrogens with two attached hydrogens (primary N) is 1. The Morgan fingerprint density at radius 1 is 1.43 bits per heavy atom. The van der Waals surface area contributed by atoms with Gasteiger partial charge in [-0.05, 0) is 13.8 Å². The maximum absolute atomic E-state index is 11.3. The summed E-state index contributed by atoms with van der Waals surface area (Å²) < 4.78 is 16.0. The summed E-state index contributed by atoms with van der Waals surface area (Å²) >= 11 is 0. The fraction of sp³-hybridized carbons (Fsp3) is 0.667. The van der Waals surface area contributed by atoms with E-state index in [1.54, 1.807) is 13.8 Å². The molecule has 0 aromatic carbocycles. The van der Waals surface area contributed by atoms with E-state index in [4.69, 9.17) is 19.9 Å². The second-order valence-electron chi connectivity index (χ2n) is 5.19. The van der Waals surface area contributed by atoms with Crippen LogP contribution in [0, 0.1) is 0 Å². The second kappa shape index (κ2) is 6.89. The molecule has 0 radical (unpaired) electrons. The smallest absolute Gasteiger partial charge is 0.432 e. The van der Waals surface area contributed by atoms with E-state index < -0.39 is 36.6 Å². The molecule has 2 rings (SSSR count). The van der Waals surface area contributed by atoms with Gasteiger partial charge in [0.15, 0.2) is 6.23 Å². The van der Waals surface area contributed by atoms with E-state index in [0.717, 1.165) is 11.0 Å². The van der Waals surface area contributed by atoms with Crippen LogP contribution in [0.1, 0.15) is 30.7 Å². The number of amides is 1. The fourth-order valence-electron chi connectivity index (χ4n) is 1.97. The van der Waals surface area contributed by atoms with Crippen LogP contribution in [0.4, 0.5) is 4.79 Å². The Bertz CT molecular complexity index is 576. The second-order valence-corrected chi connectivity index (χ2v) is 5.19. The van der Waals surface area contributed by atoms with Crippen molar-refractivity contribution >= 4 is 12.1 Å². The molecule has 11 heteroatoms. The highest BCUT2D eigenvalue weighted by Crippen LogP contribution is 2.29. The number of aromatic nitrogens is 3. The number of aliphatic hydroxyl groups excluding tert-OH is 2. The van der Waals surface area contributed by atoms with Gasteiger partial charge in [-0.1, -0.05) is 0 Å². The van der Waals surface area contributed by atoms with Crippen molar-refractivity contribution in [3.8, 4) is 0 Å². The molecule has 1 aliphatic heterocycles. The van der Waals surface area contributed by atoms with Crippen molar-refractivity contribution in [2.75, 3.05) is 6.61 Å². The molecule has 1 aliphatic rings. The first kappa shape index (κ1) is 17.1. The Balaban J connectivity index is 1.97. The van der Waals surface area contributed by atoms with Gasteiger partial charge < -0.3 is 30.2 Å². The summed E-state index contributed by atoms with van der Waals surface area (Å²) in [6.45, 7) is 2.99. The largest absolute Gasteiger partial charge is 0.508 e.